The van der Waals surface area contributed by atoms with Crippen LogP contribution in [0.15, 0.2) is 0 Å². The summed E-state index contributed by atoms with van der Waals surface area (Å²) in [6, 6.07) is 2.23. The summed E-state index contributed by atoms with van der Waals surface area (Å²) in [5.41, 5.74) is 2.54. The summed E-state index contributed by atoms with van der Waals surface area (Å²) in [6.45, 7) is 1.72. The number of amides is 1. The maximum Gasteiger partial charge on any atom is 0.277 e. The Bertz CT molecular complexity index is 893. The maximum atomic E-state index is 12.3. The number of hydrogen-bond acceptors (Lipinski definition) is 5. The van der Waals surface area contributed by atoms with Crippen LogP contribution in [0.2, 0.25) is 5.02 Å². The van der Waals surface area contributed by atoms with E-state index in [1.165, 1.54) is 20.9 Å². The zero-order valence-electron chi connectivity index (χ0n) is 13.1. The monoisotopic (exact) mass is 379 g/mol. The highest BCUT2D eigenvalue weighted by Crippen LogP contribution is 2.38. The SMILES string of the molecule is Cc1nn(C)c(C(=O)NC(=S)Nc2sc3c(c2C#N)CCC3)c1Cl. The van der Waals surface area contributed by atoms with E-state index in [4.69, 9.17) is 23.8 Å². The molecule has 1 aliphatic rings. The van der Waals surface area contributed by atoms with Crippen LogP contribution in [0.1, 0.15) is 38.6 Å². The molecular weight excluding hydrogens is 366 g/mol. The molecule has 124 valence electrons. The number of anilines is 1. The smallest absolute Gasteiger partial charge is 0.277 e. The minimum Gasteiger partial charge on any atom is -0.323 e. The van der Waals surface area contributed by atoms with Gasteiger partial charge in [0.2, 0.25) is 0 Å². The lowest BCUT2D eigenvalue weighted by molar-refractivity contribution is 0.0968. The first-order valence-corrected chi connectivity index (χ1v) is 8.88. The van der Waals surface area contributed by atoms with E-state index in [1.807, 2.05) is 0 Å². The van der Waals surface area contributed by atoms with Gasteiger partial charge in [-0.25, -0.2) is 0 Å². The molecule has 0 spiro atoms. The van der Waals surface area contributed by atoms with Crippen LogP contribution in [0.5, 0.6) is 0 Å². The second kappa shape index (κ2) is 6.51. The molecule has 24 heavy (non-hydrogen) atoms. The Balaban J connectivity index is 1.75. The number of carbonyl (C=O) groups is 1. The van der Waals surface area contributed by atoms with Crippen molar-refractivity contribution in [1.82, 2.24) is 15.1 Å². The van der Waals surface area contributed by atoms with Crippen molar-refractivity contribution in [2.45, 2.75) is 26.2 Å². The van der Waals surface area contributed by atoms with Gasteiger partial charge in [-0.3, -0.25) is 14.8 Å². The highest BCUT2D eigenvalue weighted by Gasteiger charge is 2.24. The second-order valence-corrected chi connectivity index (χ2v) is 7.34. The van der Waals surface area contributed by atoms with Gasteiger partial charge in [0.1, 0.15) is 16.8 Å². The zero-order chi connectivity index (χ0) is 17.4. The van der Waals surface area contributed by atoms with E-state index < -0.39 is 5.91 Å². The Morgan fingerprint density at radius 3 is 2.88 bits per heavy atom. The third-order valence-corrected chi connectivity index (χ3v) is 5.72. The lowest BCUT2D eigenvalue weighted by Crippen LogP contribution is -2.35. The predicted molar refractivity (Wildman–Crippen MR) is 97.7 cm³/mol. The first kappa shape index (κ1) is 16.9. The lowest BCUT2D eigenvalue weighted by atomic mass is 10.1. The molecule has 2 aromatic heterocycles. The van der Waals surface area contributed by atoms with Crippen LogP contribution in [-0.2, 0) is 19.9 Å². The molecule has 0 bridgehead atoms. The molecule has 0 radical (unpaired) electrons. The third kappa shape index (κ3) is 2.90. The van der Waals surface area contributed by atoms with Crippen molar-refractivity contribution < 1.29 is 4.79 Å². The van der Waals surface area contributed by atoms with E-state index >= 15 is 0 Å². The number of carbonyl (C=O) groups excluding carboxylic acids is 1. The van der Waals surface area contributed by atoms with Crippen LogP contribution in [0, 0.1) is 18.3 Å². The zero-order valence-corrected chi connectivity index (χ0v) is 15.5. The molecular formula is C15H14ClN5OS2. The molecule has 2 heterocycles. The molecule has 2 aromatic rings. The third-order valence-electron chi connectivity index (χ3n) is 3.85. The molecule has 0 atom stereocenters. The van der Waals surface area contributed by atoms with Gasteiger partial charge in [-0.05, 0) is 44.0 Å². The molecule has 2 N–H and O–H groups in total. The van der Waals surface area contributed by atoms with Crippen LogP contribution in [0.25, 0.3) is 0 Å². The van der Waals surface area contributed by atoms with E-state index in [0.717, 1.165) is 24.8 Å². The Labute approximate surface area is 153 Å². The fraction of sp³-hybridized carbons (Fsp3) is 0.333. The molecule has 0 saturated carbocycles. The quantitative estimate of drug-likeness (QED) is 0.784. The number of fused-ring (bicyclic) bond motifs is 1. The minimum absolute atomic E-state index is 0.131. The van der Waals surface area contributed by atoms with E-state index in [1.54, 1.807) is 14.0 Å². The average Bonchev–Trinajstić information content (AvgIpc) is 3.13. The number of halogens is 1. The van der Waals surface area contributed by atoms with Crippen molar-refractivity contribution in [3.63, 3.8) is 0 Å². The molecule has 0 unspecified atom stereocenters. The van der Waals surface area contributed by atoms with Gasteiger partial charge in [-0.1, -0.05) is 11.6 Å². The largest absolute Gasteiger partial charge is 0.323 e. The van der Waals surface area contributed by atoms with Crippen molar-refractivity contribution in [1.29, 1.82) is 5.26 Å². The Morgan fingerprint density at radius 1 is 1.50 bits per heavy atom. The van der Waals surface area contributed by atoms with Gasteiger partial charge in [-0.2, -0.15) is 10.4 Å². The molecule has 6 nitrogen and oxygen atoms in total. The predicted octanol–water partition coefficient (Wildman–Crippen LogP) is 2.93. The van der Waals surface area contributed by atoms with Gasteiger partial charge in [0.15, 0.2) is 5.11 Å². The van der Waals surface area contributed by atoms with Crippen molar-refractivity contribution in [2.75, 3.05) is 5.32 Å². The van der Waals surface area contributed by atoms with Crippen LogP contribution in [-0.4, -0.2) is 20.8 Å². The standard InChI is InChI=1S/C15H14ClN5OS2/c1-7-11(16)12(21(2)20-7)13(22)18-15(23)19-14-9(6-17)8-4-3-5-10(8)24-14/h3-5H2,1-2H3,(H2,18,19,22,23). The van der Waals surface area contributed by atoms with Gasteiger partial charge in [0, 0.05) is 11.9 Å². The molecule has 9 heteroatoms. The molecule has 0 fully saturated rings. The van der Waals surface area contributed by atoms with Crippen LogP contribution in [0.4, 0.5) is 5.00 Å². The topological polar surface area (TPSA) is 82.7 Å². The fourth-order valence-corrected chi connectivity index (χ4v) is 4.54. The first-order valence-electron chi connectivity index (χ1n) is 7.28. The normalized spacial score (nSPS) is 12.6. The number of nitrogens with one attached hydrogen (secondary N) is 2. The summed E-state index contributed by atoms with van der Waals surface area (Å²) in [5.74, 6) is -0.441. The number of rotatable bonds is 2. The Hall–Kier alpha value is -1.95. The maximum absolute atomic E-state index is 12.3. The number of nitriles is 1. The highest BCUT2D eigenvalue weighted by molar-refractivity contribution is 7.80. The average molecular weight is 380 g/mol. The summed E-state index contributed by atoms with van der Waals surface area (Å²) >= 11 is 12.8. The molecule has 1 amide bonds. The Kier molecular flexibility index (Phi) is 4.58. The number of nitrogens with zero attached hydrogens (tertiary/aromatic N) is 3. The number of aryl methyl sites for hydroxylation is 3. The number of aromatic nitrogens is 2. The van der Waals surface area contributed by atoms with Crippen molar-refractivity contribution in [3.05, 3.63) is 32.4 Å². The van der Waals surface area contributed by atoms with E-state index in [-0.39, 0.29) is 10.8 Å². The van der Waals surface area contributed by atoms with Crippen LogP contribution in [0.3, 0.4) is 0 Å². The van der Waals surface area contributed by atoms with Gasteiger partial charge in [0.25, 0.3) is 5.91 Å². The number of thiocarbonyl (C=S) groups is 1. The van der Waals surface area contributed by atoms with Crippen LogP contribution < -0.4 is 10.6 Å². The first-order chi connectivity index (χ1) is 11.4. The van der Waals surface area contributed by atoms with E-state index in [0.29, 0.717) is 21.3 Å². The molecule has 3 rings (SSSR count). The van der Waals surface area contributed by atoms with Crippen LogP contribution >= 0.6 is 35.2 Å². The molecule has 0 aliphatic heterocycles. The van der Waals surface area contributed by atoms with E-state index in [2.05, 4.69) is 21.8 Å². The summed E-state index contributed by atoms with van der Waals surface area (Å²) < 4.78 is 1.41. The van der Waals surface area contributed by atoms with Crippen molar-refractivity contribution in [3.8, 4) is 6.07 Å². The molecule has 0 saturated heterocycles. The van der Waals surface area contributed by atoms with Crippen molar-refractivity contribution >= 4 is 51.2 Å². The summed E-state index contributed by atoms with van der Waals surface area (Å²) in [5, 5.41) is 20.1. The Morgan fingerprint density at radius 2 is 2.25 bits per heavy atom. The lowest BCUT2D eigenvalue weighted by Gasteiger charge is -2.09. The number of thiophene rings is 1. The highest BCUT2D eigenvalue weighted by atomic mass is 35.5. The molecule has 0 aromatic carbocycles. The van der Waals surface area contributed by atoms with Gasteiger partial charge >= 0.3 is 0 Å². The van der Waals surface area contributed by atoms with Gasteiger partial charge < -0.3 is 5.32 Å². The summed E-state index contributed by atoms with van der Waals surface area (Å²) in [7, 11) is 1.64. The van der Waals surface area contributed by atoms with E-state index in [9.17, 15) is 10.1 Å². The fourth-order valence-electron chi connectivity index (χ4n) is 2.79. The summed E-state index contributed by atoms with van der Waals surface area (Å²) in [4.78, 5) is 13.6. The second-order valence-electron chi connectivity index (χ2n) is 5.45. The summed E-state index contributed by atoms with van der Waals surface area (Å²) in [6.07, 6.45) is 2.98. The van der Waals surface area contributed by atoms with Gasteiger partial charge in [0.05, 0.1) is 16.3 Å². The molecule has 1 aliphatic carbocycles. The minimum atomic E-state index is -0.441. The number of hydrogen-bond donors (Lipinski definition) is 2. The van der Waals surface area contributed by atoms with Crippen molar-refractivity contribution in [2.24, 2.45) is 7.05 Å². The van der Waals surface area contributed by atoms with Gasteiger partial charge in [-0.15, -0.1) is 11.3 Å².